The maximum atomic E-state index is 13.7. The number of rotatable bonds is 5. The monoisotopic (exact) mass is 326 g/mol. The summed E-state index contributed by atoms with van der Waals surface area (Å²) in [6.45, 7) is 3.81. The van der Waals surface area contributed by atoms with Crippen LogP contribution in [0.1, 0.15) is 11.1 Å². The van der Waals surface area contributed by atoms with Crippen LogP contribution in [0.4, 0.5) is 0 Å². The number of carbonyl (C=O) groups is 1. The molecule has 0 bridgehead atoms. The topological polar surface area (TPSA) is 43.4 Å². The SMILES string of the molecule is C#CCOC(=O)CP(=O)(c1ccc(C)cc1)c1ccc(C)cc1. The van der Waals surface area contributed by atoms with Crippen molar-refractivity contribution in [2.24, 2.45) is 0 Å². The second-order valence-electron chi connectivity index (χ2n) is 5.43. The van der Waals surface area contributed by atoms with Crippen molar-refractivity contribution >= 4 is 23.7 Å². The van der Waals surface area contributed by atoms with Gasteiger partial charge in [0.15, 0.2) is 13.7 Å². The second-order valence-corrected chi connectivity index (χ2v) is 8.26. The van der Waals surface area contributed by atoms with Crippen molar-refractivity contribution in [3.63, 3.8) is 0 Å². The van der Waals surface area contributed by atoms with Crippen LogP contribution in [0.3, 0.4) is 0 Å². The lowest BCUT2D eigenvalue weighted by molar-refractivity contribution is -0.139. The van der Waals surface area contributed by atoms with E-state index in [1.54, 1.807) is 0 Å². The minimum atomic E-state index is -3.10. The quantitative estimate of drug-likeness (QED) is 0.482. The predicted molar refractivity (Wildman–Crippen MR) is 93.9 cm³/mol. The number of aryl methyl sites for hydroxylation is 2. The van der Waals surface area contributed by atoms with E-state index in [-0.39, 0.29) is 12.8 Å². The largest absolute Gasteiger partial charge is 0.452 e. The summed E-state index contributed by atoms with van der Waals surface area (Å²) in [6, 6.07) is 14.8. The fraction of sp³-hybridized carbons (Fsp3) is 0.211. The second kappa shape index (κ2) is 7.31. The standard InChI is InChI=1S/C19H19O3P/c1-4-13-22-19(20)14-23(21,17-9-5-15(2)6-10-17)18-11-7-16(3)8-12-18/h1,5-12H,13-14H2,2-3H3. The Morgan fingerprint density at radius 2 is 1.43 bits per heavy atom. The molecule has 0 unspecified atom stereocenters. The van der Waals surface area contributed by atoms with Crippen molar-refractivity contribution in [1.82, 2.24) is 0 Å². The third kappa shape index (κ3) is 4.12. The Morgan fingerprint density at radius 1 is 1.00 bits per heavy atom. The Bertz CT molecular complexity index is 718. The van der Waals surface area contributed by atoms with Crippen molar-refractivity contribution in [3.8, 4) is 12.3 Å². The van der Waals surface area contributed by atoms with Crippen molar-refractivity contribution in [3.05, 3.63) is 59.7 Å². The lowest BCUT2D eigenvalue weighted by Crippen LogP contribution is -2.24. The molecular formula is C19H19O3P. The summed E-state index contributed by atoms with van der Waals surface area (Å²) in [4.78, 5) is 12.0. The molecular weight excluding hydrogens is 307 g/mol. The van der Waals surface area contributed by atoms with Gasteiger partial charge in [-0.1, -0.05) is 65.6 Å². The van der Waals surface area contributed by atoms with Gasteiger partial charge in [-0.3, -0.25) is 4.79 Å². The van der Waals surface area contributed by atoms with Gasteiger partial charge in [0.2, 0.25) is 0 Å². The van der Waals surface area contributed by atoms with Gasteiger partial charge in [-0.15, -0.1) is 6.42 Å². The zero-order valence-electron chi connectivity index (χ0n) is 13.3. The van der Waals surface area contributed by atoms with E-state index in [0.29, 0.717) is 10.6 Å². The van der Waals surface area contributed by atoms with E-state index < -0.39 is 13.1 Å². The van der Waals surface area contributed by atoms with Gasteiger partial charge in [0.05, 0.1) is 0 Å². The summed E-state index contributed by atoms with van der Waals surface area (Å²) in [7, 11) is -3.10. The average Bonchev–Trinajstić information content (AvgIpc) is 2.54. The van der Waals surface area contributed by atoms with Gasteiger partial charge in [0.25, 0.3) is 0 Å². The van der Waals surface area contributed by atoms with E-state index in [0.717, 1.165) is 11.1 Å². The number of terminal acetylenes is 1. The molecule has 0 spiro atoms. The molecule has 118 valence electrons. The Hall–Kier alpha value is -2.30. The molecule has 0 amide bonds. The van der Waals surface area contributed by atoms with Gasteiger partial charge < -0.3 is 9.30 Å². The summed E-state index contributed by atoms with van der Waals surface area (Å²) >= 11 is 0. The minimum absolute atomic E-state index is 0.110. The van der Waals surface area contributed by atoms with E-state index in [4.69, 9.17) is 11.2 Å². The van der Waals surface area contributed by atoms with E-state index >= 15 is 0 Å². The maximum absolute atomic E-state index is 13.7. The molecule has 23 heavy (non-hydrogen) atoms. The molecule has 3 nitrogen and oxygen atoms in total. The molecule has 0 aliphatic carbocycles. The number of hydrogen-bond acceptors (Lipinski definition) is 3. The number of carbonyl (C=O) groups excluding carboxylic acids is 1. The molecule has 2 aromatic rings. The molecule has 2 rings (SSSR count). The first kappa shape index (κ1) is 17.1. The molecule has 0 atom stereocenters. The summed E-state index contributed by atoms with van der Waals surface area (Å²) in [5.74, 6) is 1.70. The summed E-state index contributed by atoms with van der Waals surface area (Å²) in [5, 5.41) is 1.29. The van der Waals surface area contributed by atoms with E-state index in [9.17, 15) is 9.36 Å². The molecule has 2 aromatic carbocycles. The predicted octanol–water partition coefficient (Wildman–Crippen LogP) is 2.79. The van der Waals surface area contributed by atoms with Gasteiger partial charge in [-0.25, -0.2) is 0 Å². The normalized spacial score (nSPS) is 10.8. The smallest absolute Gasteiger partial charge is 0.314 e. The number of hydrogen-bond donors (Lipinski definition) is 0. The fourth-order valence-electron chi connectivity index (χ4n) is 2.25. The van der Waals surface area contributed by atoms with Gasteiger partial charge >= 0.3 is 5.97 Å². The highest BCUT2D eigenvalue weighted by molar-refractivity contribution is 7.79. The van der Waals surface area contributed by atoms with Crippen LogP contribution >= 0.6 is 7.14 Å². The lowest BCUT2D eigenvalue weighted by Gasteiger charge is -2.19. The molecule has 0 saturated heterocycles. The highest BCUT2D eigenvalue weighted by atomic mass is 31.2. The van der Waals surface area contributed by atoms with Crippen LogP contribution in [0, 0.1) is 26.2 Å². The van der Waals surface area contributed by atoms with Crippen LogP contribution in [-0.2, 0) is 14.1 Å². The van der Waals surface area contributed by atoms with Crippen molar-refractivity contribution in [2.45, 2.75) is 13.8 Å². The molecule has 0 aliphatic rings. The third-order valence-electron chi connectivity index (χ3n) is 3.57. The zero-order chi connectivity index (χ0) is 16.9. The first-order valence-electron chi connectivity index (χ1n) is 7.28. The van der Waals surface area contributed by atoms with Gasteiger partial charge in [0.1, 0.15) is 6.16 Å². The van der Waals surface area contributed by atoms with E-state index in [1.807, 2.05) is 62.4 Å². The number of benzene rings is 2. The van der Waals surface area contributed by atoms with E-state index in [2.05, 4.69) is 5.92 Å². The molecule has 0 heterocycles. The first-order valence-corrected chi connectivity index (χ1v) is 9.17. The van der Waals surface area contributed by atoms with Crippen LogP contribution in [0.2, 0.25) is 0 Å². The first-order chi connectivity index (χ1) is 11.0. The van der Waals surface area contributed by atoms with Crippen molar-refractivity contribution in [2.75, 3.05) is 12.8 Å². The van der Waals surface area contributed by atoms with Gasteiger partial charge in [-0.05, 0) is 13.8 Å². The van der Waals surface area contributed by atoms with Gasteiger partial charge in [0, 0.05) is 10.6 Å². The number of esters is 1. The summed E-state index contributed by atoms with van der Waals surface area (Å²) < 4.78 is 18.6. The molecule has 0 radical (unpaired) electrons. The van der Waals surface area contributed by atoms with Crippen LogP contribution < -0.4 is 10.6 Å². The van der Waals surface area contributed by atoms with Gasteiger partial charge in [-0.2, -0.15) is 0 Å². The number of ether oxygens (including phenoxy) is 1. The zero-order valence-corrected chi connectivity index (χ0v) is 14.2. The van der Waals surface area contributed by atoms with E-state index in [1.165, 1.54) is 0 Å². The van der Waals surface area contributed by atoms with Crippen molar-refractivity contribution in [1.29, 1.82) is 0 Å². The average molecular weight is 326 g/mol. The Morgan fingerprint density at radius 3 is 1.83 bits per heavy atom. The molecule has 0 aliphatic heterocycles. The Kier molecular flexibility index (Phi) is 5.42. The summed E-state index contributed by atoms with van der Waals surface area (Å²) in [5.41, 5.74) is 2.14. The molecule has 0 N–H and O–H groups in total. The van der Waals surface area contributed by atoms with Crippen LogP contribution in [0.15, 0.2) is 48.5 Å². The third-order valence-corrected chi connectivity index (χ3v) is 6.54. The molecule has 0 fully saturated rings. The Labute approximate surface area is 137 Å². The summed E-state index contributed by atoms with van der Waals surface area (Å²) in [6.07, 6.45) is 4.91. The van der Waals surface area contributed by atoms with Crippen LogP contribution in [-0.4, -0.2) is 18.7 Å². The molecule has 0 aromatic heterocycles. The van der Waals surface area contributed by atoms with Crippen LogP contribution in [0.25, 0.3) is 0 Å². The van der Waals surface area contributed by atoms with Crippen LogP contribution in [0.5, 0.6) is 0 Å². The minimum Gasteiger partial charge on any atom is -0.452 e. The fourth-order valence-corrected chi connectivity index (χ4v) is 4.63. The highest BCUT2D eigenvalue weighted by Crippen LogP contribution is 2.43. The lowest BCUT2D eigenvalue weighted by atomic mass is 10.2. The molecule has 0 saturated carbocycles. The van der Waals surface area contributed by atoms with Crippen molar-refractivity contribution < 1.29 is 14.1 Å². The highest BCUT2D eigenvalue weighted by Gasteiger charge is 2.31. The maximum Gasteiger partial charge on any atom is 0.314 e. The Balaban J connectivity index is 2.44. The molecule has 4 heteroatoms.